The Labute approximate surface area is 117 Å². The van der Waals surface area contributed by atoms with E-state index in [1.165, 1.54) is 12.1 Å². The first-order valence-electron chi connectivity index (χ1n) is 5.72. The minimum absolute atomic E-state index is 0.0714. The first-order valence-corrected chi connectivity index (χ1v) is 6.10. The third kappa shape index (κ3) is 5.28. The summed E-state index contributed by atoms with van der Waals surface area (Å²) in [5.74, 6) is -0.959. The number of hydrogen-bond acceptors (Lipinski definition) is 3. The van der Waals surface area contributed by atoms with Crippen molar-refractivity contribution in [3.05, 3.63) is 28.8 Å². The smallest absolute Gasteiger partial charge is 0.250 e. The molecule has 0 saturated heterocycles. The molecule has 0 atom stereocenters. The van der Waals surface area contributed by atoms with Gasteiger partial charge in [-0.3, -0.25) is 9.59 Å². The van der Waals surface area contributed by atoms with Crippen LogP contribution in [-0.2, 0) is 9.53 Å². The molecule has 6 heteroatoms. The molecule has 19 heavy (non-hydrogen) atoms. The molecule has 1 aromatic rings. The van der Waals surface area contributed by atoms with E-state index in [1.807, 2.05) is 20.8 Å². The summed E-state index contributed by atoms with van der Waals surface area (Å²) in [6, 6.07) is 4.52. The third-order valence-electron chi connectivity index (χ3n) is 2.15. The maximum Gasteiger partial charge on any atom is 0.250 e. The Bertz CT molecular complexity index is 495. The van der Waals surface area contributed by atoms with Crippen LogP contribution in [0.3, 0.4) is 0 Å². The highest BCUT2D eigenvalue weighted by atomic mass is 35.5. The normalized spacial score (nSPS) is 11.2. The number of anilines is 1. The standard InChI is InChI=1S/C13H17ClN2O3/c1-13(2,3)19-7-11(17)16-8-4-5-10(14)9(6-8)12(15)18/h4-6H,7H2,1-3H3,(H2,15,18)(H,16,17). The van der Waals surface area contributed by atoms with Crippen molar-refractivity contribution in [2.75, 3.05) is 11.9 Å². The van der Waals surface area contributed by atoms with E-state index in [4.69, 9.17) is 22.1 Å². The van der Waals surface area contributed by atoms with Crippen LogP contribution in [0.2, 0.25) is 5.02 Å². The van der Waals surface area contributed by atoms with Crippen molar-refractivity contribution in [3.63, 3.8) is 0 Å². The van der Waals surface area contributed by atoms with Crippen LogP contribution in [-0.4, -0.2) is 24.0 Å². The van der Waals surface area contributed by atoms with Crippen molar-refractivity contribution in [1.29, 1.82) is 0 Å². The van der Waals surface area contributed by atoms with E-state index in [9.17, 15) is 9.59 Å². The Kier molecular flexibility index (Phi) is 4.91. The molecule has 0 aromatic heterocycles. The number of nitrogens with one attached hydrogen (secondary N) is 1. The summed E-state index contributed by atoms with van der Waals surface area (Å²) in [6.45, 7) is 5.49. The molecule has 1 aromatic carbocycles. The fourth-order valence-corrected chi connectivity index (χ4v) is 1.48. The summed E-state index contributed by atoms with van der Waals surface area (Å²) in [5, 5.41) is 2.85. The van der Waals surface area contributed by atoms with Crippen LogP contribution in [0.5, 0.6) is 0 Å². The third-order valence-corrected chi connectivity index (χ3v) is 2.48. The number of primary amides is 1. The number of hydrogen-bond donors (Lipinski definition) is 2. The van der Waals surface area contributed by atoms with Gasteiger partial charge in [-0.25, -0.2) is 0 Å². The fourth-order valence-electron chi connectivity index (χ4n) is 1.27. The maximum absolute atomic E-state index is 11.6. The largest absolute Gasteiger partial charge is 0.366 e. The number of halogens is 1. The number of amides is 2. The summed E-state index contributed by atoms with van der Waals surface area (Å²) in [4.78, 5) is 22.8. The zero-order chi connectivity index (χ0) is 14.6. The number of carbonyl (C=O) groups is 2. The van der Waals surface area contributed by atoms with Crippen LogP contribution in [0.25, 0.3) is 0 Å². The molecule has 0 heterocycles. The van der Waals surface area contributed by atoms with Crippen LogP contribution in [0.1, 0.15) is 31.1 Å². The molecule has 5 nitrogen and oxygen atoms in total. The summed E-state index contributed by atoms with van der Waals surface area (Å²) < 4.78 is 5.34. The lowest BCUT2D eigenvalue weighted by Gasteiger charge is -2.19. The van der Waals surface area contributed by atoms with Crippen molar-refractivity contribution >= 4 is 29.1 Å². The molecule has 3 N–H and O–H groups in total. The van der Waals surface area contributed by atoms with Gasteiger partial charge >= 0.3 is 0 Å². The second-order valence-electron chi connectivity index (χ2n) is 5.01. The van der Waals surface area contributed by atoms with E-state index < -0.39 is 11.5 Å². The molecule has 0 fully saturated rings. The van der Waals surface area contributed by atoms with Crippen molar-refractivity contribution in [2.45, 2.75) is 26.4 Å². The highest BCUT2D eigenvalue weighted by Crippen LogP contribution is 2.20. The molecule has 0 aliphatic rings. The van der Waals surface area contributed by atoms with E-state index in [0.29, 0.717) is 5.69 Å². The van der Waals surface area contributed by atoms with Crippen LogP contribution < -0.4 is 11.1 Å². The Morgan fingerprint density at radius 3 is 2.53 bits per heavy atom. The second kappa shape index (κ2) is 6.04. The number of nitrogens with two attached hydrogens (primary N) is 1. The lowest BCUT2D eigenvalue weighted by atomic mass is 10.2. The predicted octanol–water partition coefficient (Wildman–Crippen LogP) is 2.19. The average Bonchev–Trinajstić information content (AvgIpc) is 2.28. The fraction of sp³-hybridized carbons (Fsp3) is 0.385. The van der Waals surface area contributed by atoms with Gasteiger partial charge in [0.2, 0.25) is 11.8 Å². The van der Waals surface area contributed by atoms with Gasteiger partial charge in [-0.05, 0) is 39.0 Å². The molecule has 2 amide bonds. The van der Waals surface area contributed by atoms with Gasteiger partial charge in [-0.1, -0.05) is 11.6 Å². The Hall–Kier alpha value is -1.59. The van der Waals surface area contributed by atoms with Gasteiger partial charge in [-0.15, -0.1) is 0 Å². The van der Waals surface area contributed by atoms with E-state index in [2.05, 4.69) is 5.32 Å². The summed E-state index contributed by atoms with van der Waals surface area (Å²) in [7, 11) is 0. The molecule has 0 aliphatic heterocycles. The molecule has 1 rings (SSSR count). The highest BCUT2D eigenvalue weighted by Gasteiger charge is 2.14. The van der Waals surface area contributed by atoms with Crippen LogP contribution in [0.15, 0.2) is 18.2 Å². The van der Waals surface area contributed by atoms with Gasteiger partial charge in [0, 0.05) is 5.69 Å². The molecule has 0 radical (unpaired) electrons. The zero-order valence-electron chi connectivity index (χ0n) is 11.1. The SMILES string of the molecule is CC(C)(C)OCC(=O)Nc1ccc(Cl)c(C(N)=O)c1. The van der Waals surface area contributed by atoms with E-state index >= 15 is 0 Å². The van der Waals surface area contributed by atoms with Crippen LogP contribution in [0, 0.1) is 0 Å². The van der Waals surface area contributed by atoms with Gasteiger partial charge in [0.25, 0.3) is 0 Å². The lowest BCUT2D eigenvalue weighted by Crippen LogP contribution is -2.27. The van der Waals surface area contributed by atoms with Crippen molar-refractivity contribution in [1.82, 2.24) is 0 Å². The van der Waals surface area contributed by atoms with E-state index in [0.717, 1.165) is 0 Å². The van der Waals surface area contributed by atoms with Gasteiger partial charge in [0.15, 0.2) is 0 Å². The highest BCUT2D eigenvalue weighted by molar-refractivity contribution is 6.33. The minimum Gasteiger partial charge on any atom is -0.366 e. The predicted molar refractivity (Wildman–Crippen MR) is 74.3 cm³/mol. The summed E-state index contributed by atoms with van der Waals surface area (Å²) in [5.41, 5.74) is 5.38. The van der Waals surface area contributed by atoms with Gasteiger partial charge < -0.3 is 15.8 Å². The van der Waals surface area contributed by atoms with Gasteiger partial charge in [0.1, 0.15) is 6.61 Å². The molecule has 0 bridgehead atoms. The number of ether oxygens (including phenoxy) is 1. The van der Waals surface area contributed by atoms with Crippen molar-refractivity contribution < 1.29 is 14.3 Å². The number of rotatable bonds is 4. The Morgan fingerprint density at radius 2 is 2.00 bits per heavy atom. The van der Waals surface area contributed by atoms with Crippen molar-refractivity contribution in [2.24, 2.45) is 5.73 Å². The molecule has 0 unspecified atom stereocenters. The van der Waals surface area contributed by atoms with Crippen molar-refractivity contribution in [3.8, 4) is 0 Å². The second-order valence-corrected chi connectivity index (χ2v) is 5.42. The monoisotopic (exact) mass is 284 g/mol. The molecular formula is C13H17ClN2O3. The first kappa shape index (κ1) is 15.5. The Balaban J connectivity index is 2.70. The zero-order valence-corrected chi connectivity index (χ0v) is 11.9. The summed E-state index contributed by atoms with van der Waals surface area (Å²) >= 11 is 5.81. The maximum atomic E-state index is 11.6. The quantitative estimate of drug-likeness (QED) is 0.889. The topological polar surface area (TPSA) is 81.4 Å². The van der Waals surface area contributed by atoms with Gasteiger partial charge in [0.05, 0.1) is 16.2 Å². The van der Waals surface area contributed by atoms with E-state index in [1.54, 1.807) is 6.07 Å². The van der Waals surface area contributed by atoms with Crippen LogP contribution >= 0.6 is 11.6 Å². The minimum atomic E-state index is -0.646. The molecule has 0 saturated carbocycles. The lowest BCUT2D eigenvalue weighted by molar-refractivity contribution is -0.125. The van der Waals surface area contributed by atoms with E-state index in [-0.39, 0.29) is 23.1 Å². The Morgan fingerprint density at radius 1 is 1.37 bits per heavy atom. The van der Waals surface area contributed by atoms with Crippen LogP contribution in [0.4, 0.5) is 5.69 Å². The molecule has 0 spiro atoms. The molecule has 104 valence electrons. The number of carbonyl (C=O) groups excluding carboxylic acids is 2. The average molecular weight is 285 g/mol. The number of benzene rings is 1. The first-order chi connectivity index (χ1) is 8.69. The molecule has 0 aliphatic carbocycles. The molecular weight excluding hydrogens is 268 g/mol. The van der Waals surface area contributed by atoms with Gasteiger partial charge in [-0.2, -0.15) is 0 Å². The summed E-state index contributed by atoms with van der Waals surface area (Å²) in [6.07, 6.45) is 0.